The second-order valence-electron chi connectivity index (χ2n) is 5.00. The molecule has 0 aliphatic carbocycles. The van der Waals surface area contributed by atoms with E-state index in [-0.39, 0.29) is 6.04 Å². The maximum absolute atomic E-state index is 6.14. The van der Waals surface area contributed by atoms with E-state index in [0.717, 1.165) is 25.2 Å². The molecule has 1 atom stereocenters. The first-order chi connectivity index (χ1) is 8.06. The van der Waals surface area contributed by atoms with Crippen molar-refractivity contribution < 1.29 is 4.74 Å². The van der Waals surface area contributed by atoms with Gasteiger partial charge in [-0.1, -0.05) is 39.3 Å². The molecular weight excluding hydrogens is 210 g/mol. The normalized spacial score (nSPS) is 12.8. The van der Waals surface area contributed by atoms with Crippen molar-refractivity contribution in [1.29, 1.82) is 0 Å². The van der Waals surface area contributed by atoms with Crippen LogP contribution in [0.1, 0.15) is 50.8 Å². The molecule has 0 heterocycles. The van der Waals surface area contributed by atoms with Crippen LogP contribution in [-0.2, 0) is 0 Å². The Morgan fingerprint density at radius 2 is 2.00 bits per heavy atom. The van der Waals surface area contributed by atoms with Crippen LogP contribution in [0.15, 0.2) is 18.2 Å². The second-order valence-corrected chi connectivity index (χ2v) is 5.00. The first-order valence-corrected chi connectivity index (χ1v) is 6.55. The molecule has 2 nitrogen and oxygen atoms in total. The van der Waals surface area contributed by atoms with Gasteiger partial charge in [0.15, 0.2) is 0 Å². The molecule has 0 bridgehead atoms. The Labute approximate surface area is 105 Å². The van der Waals surface area contributed by atoms with Crippen molar-refractivity contribution in [3.63, 3.8) is 0 Å². The number of rotatable bonds is 6. The van der Waals surface area contributed by atoms with Crippen LogP contribution in [-0.4, -0.2) is 6.61 Å². The summed E-state index contributed by atoms with van der Waals surface area (Å²) in [5.41, 5.74) is 8.51. The molecule has 0 spiro atoms. The second kappa shape index (κ2) is 6.65. The SMILES string of the molecule is CCCCOc1ccc(C(N)C(C)C)cc1C. The van der Waals surface area contributed by atoms with Crippen molar-refractivity contribution >= 4 is 0 Å². The van der Waals surface area contributed by atoms with E-state index in [9.17, 15) is 0 Å². The summed E-state index contributed by atoms with van der Waals surface area (Å²) in [5.74, 6) is 1.44. The van der Waals surface area contributed by atoms with E-state index in [4.69, 9.17) is 10.5 Å². The summed E-state index contributed by atoms with van der Waals surface area (Å²) in [5, 5.41) is 0. The third-order valence-electron chi connectivity index (χ3n) is 3.06. The van der Waals surface area contributed by atoms with E-state index in [1.165, 1.54) is 11.1 Å². The third-order valence-corrected chi connectivity index (χ3v) is 3.06. The molecular formula is C15H25NO. The van der Waals surface area contributed by atoms with Crippen LogP contribution in [0.3, 0.4) is 0 Å². The van der Waals surface area contributed by atoms with Gasteiger partial charge in [0.1, 0.15) is 5.75 Å². The zero-order valence-electron chi connectivity index (χ0n) is 11.5. The Morgan fingerprint density at radius 3 is 2.53 bits per heavy atom. The molecule has 2 N–H and O–H groups in total. The van der Waals surface area contributed by atoms with Gasteiger partial charge in [0, 0.05) is 6.04 Å². The molecule has 0 fully saturated rings. The molecule has 0 aliphatic rings. The van der Waals surface area contributed by atoms with E-state index in [1.54, 1.807) is 0 Å². The Morgan fingerprint density at radius 1 is 1.29 bits per heavy atom. The van der Waals surface area contributed by atoms with Gasteiger partial charge in [-0.15, -0.1) is 0 Å². The summed E-state index contributed by atoms with van der Waals surface area (Å²) < 4.78 is 5.73. The molecule has 2 heteroatoms. The molecule has 0 amide bonds. The van der Waals surface area contributed by atoms with Crippen LogP contribution < -0.4 is 10.5 Å². The number of unbranched alkanes of at least 4 members (excludes halogenated alkanes) is 1. The quantitative estimate of drug-likeness (QED) is 0.760. The Hall–Kier alpha value is -1.02. The first-order valence-electron chi connectivity index (χ1n) is 6.55. The van der Waals surface area contributed by atoms with Gasteiger partial charge in [0.2, 0.25) is 0 Å². The fourth-order valence-corrected chi connectivity index (χ4v) is 1.75. The van der Waals surface area contributed by atoms with E-state index in [1.807, 2.05) is 6.07 Å². The number of ether oxygens (including phenoxy) is 1. The molecule has 0 saturated carbocycles. The molecule has 0 saturated heterocycles. The highest BCUT2D eigenvalue weighted by Gasteiger charge is 2.11. The smallest absolute Gasteiger partial charge is 0.122 e. The zero-order chi connectivity index (χ0) is 12.8. The highest BCUT2D eigenvalue weighted by Crippen LogP contribution is 2.25. The highest BCUT2D eigenvalue weighted by atomic mass is 16.5. The molecule has 1 unspecified atom stereocenters. The lowest BCUT2D eigenvalue weighted by atomic mass is 9.95. The van der Waals surface area contributed by atoms with Crippen molar-refractivity contribution in [2.45, 2.75) is 46.6 Å². The van der Waals surface area contributed by atoms with Crippen LogP contribution in [0.25, 0.3) is 0 Å². The van der Waals surface area contributed by atoms with Crippen molar-refractivity contribution in [2.24, 2.45) is 11.7 Å². The van der Waals surface area contributed by atoms with Gasteiger partial charge in [0.25, 0.3) is 0 Å². The number of hydrogen-bond donors (Lipinski definition) is 1. The van der Waals surface area contributed by atoms with Crippen LogP contribution in [0.4, 0.5) is 0 Å². The van der Waals surface area contributed by atoms with Crippen molar-refractivity contribution in [1.82, 2.24) is 0 Å². The number of benzene rings is 1. The standard InChI is InChI=1S/C15H25NO/c1-5-6-9-17-14-8-7-13(10-12(14)4)15(16)11(2)3/h7-8,10-11,15H,5-6,9,16H2,1-4H3. The van der Waals surface area contributed by atoms with Gasteiger partial charge >= 0.3 is 0 Å². The Kier molecular flexibility index (Phi) is 5.49. The predicted molar refractivity (Wildman–Crippen MR) is 73.3 cm³/mol. The lowest BCUT2D eigenvalue weighted by Gasteiger charge is -2.18. The summed E-state index contributed by atoms with van der Waals surface area (Å²) in [7, 11) is 0. The molecule has 0 aromatic heterocycles. The zero-order valence-corrected chi connectivity index (χ0v) is 11.5. The minimum absolute atomic E-state index is 0.110. The van der Waals surface area contributed by atoms with Crippen LogP contribution in [0.2, 0.25) is 0 Å². The Balaban J connectivity index is 2.72. The van der Waals surface area contributed by atoms with E-state index in [2.05, 4.69) is 39.8 Å². The summed E-state index contributed by atoms with van der Waals surface area (Å²) in [6, 6.07) is 6.38. The van der Waals surface area contributed by atoms with Crippen LogP contribution >= 0.6 is 0 Å². The Bertz CT molecular complexity index is 347. The van der Waals surface area contributed by atoms with Crippen LogP contribution in [0, 0.1) is 12.8 Å². The van der Waals surface area contributed by atoms with E-state index in [0.29, 0.717) is 5.92 Å². The molecule has 96 valence electrons. The average molecular weight is 235 g/mol. The number of nitrogens with two attached hydrogens (primary N) is 1. The number of hydrogen-bond acceptors (Lipinski definition) is 2. The lowest BCUT2D eigenvalue weighted by molar-refractivity contribution is 0.307. The molecule has 0 radical (unpaired) electrons. The van der Waals surface area contributed by atoms with Gasteiger partial charge < -0.3 is 10.5 Å². The highest BCUT2D eigenvalue weighted by molar-refractivity contribution is 5.37. The minimum Gasteiger partial charge on any atom is -0.493 e. The number of aryl methyl sites for hydroxylation is 1. The first kappa shape index (κ1) is 14.0. The van der Waals surface area contributed by atoms with Gasteiger partial charge in [0.05, 0.1) is 6.61 Å². The van der Waals surface area contributed by atoms with Crippen molar-refractivity contribution in [3.8, 4) is 5.75 Å². The van der Waals surface area contributed by atoms with Gasteiger partial charge in [-0.2, -0.15) is 0 Å². The van der Waals surface area contributed by atoms with Crippen LogP contribution in [0.5, 0.6) is 5.75 Å². The molecule has 1 aromatic carbocycles. The van der Waals surface area contributed by atoms with Crippen molar-refractivity contribution in [2.75, 3.05) is 6.61 Å². The summed E-state index contributed by atoms with van der Waals surface area (Å²) in [4.78, 5) is 0. The summed E-state index contributed by atoms with van der Waals surface area (Å²) in [6.07, 6.45) is 2.27. The fourth-order valence-electron chi connectivity index (χ4n) is 1.75. The molecule has 1 rings (SSSR count). The fraction of sp³-hybridized carbons (Fsp3) is 0.600. The van der Waals surface area contributed by atoms with Crippen molar-refractivity contribution in [3.05, 3.63) is 29.3 Å². The third kappa shape index (κ3) is 4.04. The predicted octanol–water partition coefficient (Wildman–Crippen LogP) is 3.83. The maximum atomic E-state index is 6.14. The summed E-state index contributed by atoms with van der Waals surface area (Å²) in [6.45, 7) is 9.34. The molecule has 1 aromatic rings. The van der Waals surface area contributed by atoms with Gasteiger partial charge in [-0.25, -0.2) is 0 Å². The monoisotopic (exact) mass is 235 g/mol. The van der Waals surface area contributed by atoms with Gasteiger partial charge in [-0.05, 0) is 36.5 Å². The molecule has 17 heavy (non-hydrogen) atoms. The average Bonchev–Trinajstić information content (AvgIpc) is 2.30. The topological polar surface area (TPSA) is 35.2 Å². The maximum Gasteiger partial charge on any atom is 0.122 e. The minimum atomic E-state index is 0.110. The lowest BCUT2D eigenvalue weighted by Crippen LogP contribution is -2.16. The van der Waals surface area contributed by atoms with E-state index < -0.39 is 0 Å². The largest absolute Gasteiger partial charge is 0.493 e. The van der Waals surface area contributed by atoms with Gasteiger partial charge in [-0.3, -0.25) is 0 Å². The van der Waals surface area contributed by atoms with E-state index >= 15 is 0 Å². The summed E-state index contributed by atoms with van der Waals surface area (Å²) >= 11 is 0. The molecule has 0 aliphatic heterocycles.